The summed E-state index contributed by atoms with van der Waals surface area (Å²) in [6, 6.07) is 19.2. The number of carbonyl (C=O) groups is 1. The predicted octanol–water partition coefficient (Wildman–Crippen LogP) is 7.26. The summed E-state index contributed by atoms with van der Waals surface area (Å²) in [6.45, 7) is 6.64. The Morgan fingerprint density at radius 2 is 1.88 bits per heavy atom. The van der Waals surface area contributed by atoms with Gasteiger partial charge in [-0.3, -0.25) is 4.79 Å². The number of halogens is 1. The molecule has 0 spiro atoms. The number of ether oxygens (including phenoxy) is 1. The number of pyridine rings is 1. The number of nitrogens with zero attached hydrogens (tertiary/aromatic N) is 2. The third kappa shape index (κ3) is 5.46. The fourth-order valence-corrected chi connectivity index (χ4v) is 4.74. The van der Waals surface area contributed by atoms with Crippen LogP contribution in [0.25, 0.3) is 22.2 Å². The molecular weight excluding hydrogens is 466 g/mol. The smallest absolute Gasteiger partial charge is 0.272 e. The van der Waals surface area contributed by atoms with Gasteiger partial charge in [0.25, 0.3) is 5.91 Å². The number of amides is 1. The van der Waals surface area contributed by atoms with Crippen molar-refractivity contribution in [2.75, 3.05) is 6.61 Å². The molecule has 4 aromatic rings. The van der Waals surface area contributed by atoms with Crippen molar-refractivity contribution in [1.29, 1.82) is 0 Å². The third-order valence-corrected chi connectivity index (χ3v) is 6.59. The minimum Gasteiger partial charge on any atom is -0.494 e. The molecule has 2 heterocycles. The second-order valence-corrected chi connectivity index (χ2v) is 9.60. The number of hydrazone groups is 1. The topological polar surface area (TPSA) is 63.6 Å². The number of hydrogen-bond donors (Lipinski definition) is 1. The maximum Gasteiger partial charge on any atom is 0.272 e. The van der Waals surface area contributed by atoms with Crippen molar-refractivity contribution < 1.29 is 9.53 Å². The van der Waals surface area contributed by atoms with Gasteiger partial charge in [0, 0.05) is 10.9 Å². The molecule has 0 unspecified atom stereocenters. The molecule has 2 aromatic heterocycles. The van der Waals surface area contributed by atoms with Gasteiger partial charge in [0.2, 0.25) is 0 Å². The van der Waals surface area contributed by atoms with E-state index >= 15 is 0 Å². The average Bonchev–Trinajstić information content (AvgIpc) is 3.27. The molecule has 34 heavy (non-hydrogen) atoms. The van der Waals surface area contributed by atoms with Crippen molar-refractivity contribution in [1.82, 2.24) is 10.4 Å². The highest BCUT2D eigenvalue weighted by atomic mass is 35.5. The van der Waals surface area contributed by atoms with Crippen LogP contribution in [-0.4, -0.2) is 23.2 Å². The van der Waals surface area contributed by atoms with Gasteiger partial charge < -0.3 is 4.74 Å². The van der Waals surface area contributed by atoms with Gasteiger partial charge in [0.1, 0.15) is 5.75 Å². The zero-order valence-corrected chi connectivity index (χ0v) is 21.0. The van der Waals surface area contributed by atoms with Gasteiger partial charge in [-0.05, 0) is 74.9 Å². The predicted molar refractivity (Wildman–Crippen MR) is 141 cm³/mol. The summed E-state index contributed by atoms with van der Waals surface area (Å²) in [4.78, 5) is 19.1. The first kappa shape index (κ1) is 23.9. The van der Waals surface area contributed by atoms with Crippen LogP contribution in [0, 0.1) is 6.92 Å². The lowest BCUT2D eigenvalue weighted by Gasteiger charge is -2.11. The Morgan fingerprint density at radius 3 is 2.56 bits per heavy atom. The number of rotatable bonds is 8. The van der Waals surface area contributed by atoms with Crippen molar-refractivity contribution in [3.05, 3.63) is 81.0 Å². The van der Waals surface area contributed by atoms with E-state index in [0.717, 1.165) is 51.2 Å². The molecule has 5 nitrogen and oxygen atoms in total. The molecule has 0 aliphatic heterocycles. The molecule has 0 aliphatic rings. The number of aryl methyl sites for hydroxylation is 1. The van der Waals surface area contributed by atoms with Crippen LogP contribution in [0.2, 0.25) is 4.34 Å². The van der Waals surface area contributed by atoms with E-state index in [-0.39, 0.29) is 5.91 Å². The van der Waals surface area contributed by atoms with E-state index in [1.165, 1.54) is 11.3 Å². The number of benzene rings is 2. The van der Waals surface area contributed by atoms with E-state index in [2.05, 4.69) is 17.5 Å². The summed E-state index contributed by atoms with van der Waals surface area (Å²) in [5.41, 5.74) is 7.55. The summed E-state index contributed by atoms with van der Waals surface area (Å²) in [6.07, 6.45) is 1.65. The van der Waals surface area contributed by atoms with E-state index in [1.54, 1.807) is 0 Å². The maximum atomic E-state index is 13.3. The minimum atomic E-state index is -0.276. The van der Waals surface area contributed by atoms with E-state index in [1.807, 2.05) is 74.5 Å². The summed E-state index contributed by atoms with van der Waals surface area (Å²) in [5, 5.41) is 5.26. The molecule has 0 bridgehead atoms. The zero-order chi connectivity index (χ0) is 24.1. The number of aromatic nitrogens is 1. The van der Waals surface area contributed by atoms with Crippen LogP contribution in [0.1, 0.15) is 47.5 Å². The van der Waals surface area contributed by atoms with Crippen LogP contribution in [-0.2, 0) is 0 Å². The first-order chi connectivity index (χ1) is 16.5. The van der Waals surface area contributed by atoms with Crippen LogP contribution >= 0.6 is 22.9 Å². The standard InChI is InChI=1S/C27H26ClN3O2S/c1-4-6-23(25-13-14-26(28)34-25)30-31-27(32)21-16-24(18-8-10-19(11-9-18)33-5-2)29-22-12-7-17(3)15-20(21)22/h7-16H,4-6H2,1-3H3,(H,31,32)/b30-23+. The Labute approximate surface area is 208 Å². The Bertz CT molecular complexity index is 1350. The van der Waals surface area contributed by atoms with E-state index in [0.29, 0.717) is 22.2 Å². The highest BCUT2D eigenvalue weighted by molar-refractivity contribution is 7.18. The first-order valence-electron chi connectivity index (χ1n) is 11.3. The third-order valence-electron chi connectivity index (χ3n) is 5.31. The van der Waals surface area contributed by atoms with Gasteiger partial charge in [-0.25, -0.2) is 10.4 Å². The minimum absolute atomic E-state index is 0.276. The molecular formula is C27H26ClN3O2S. The second-order valence-electron chi connectivity index (χ2n) is 7.89. The van der Waals surface area contributed by atoms with Gasteiger partial charge in [-0.2, -0.15) is 5.10 Å². The number of thiophene rings is 1. The lowest BCUT2D eigenvalue weighted by Crippen LogP contribution is -2.20. The molecule has 0 aliphatic carbocycles. The fourth-order valence-electron chi connectivity index (χ4n) is 3.68. The van der Waals surface area contributed by atoms with Crippen LogP contribution in [0.5, 0.6) is 5.75 Å². The molecule has 174 valence electrons. The molecule has 2 aromatic carbocycles. The van der Waals surface area contributed by atoms with Crippen LogP contribution < -0.4 is 10.2 Å². The quantitative estimate of drug-likeness (QED) is 0.208. The number of hydrogen-bond acceptors (Lipinski definition) is 5. The zero-order valence-electron chi connectivity index (χ0n) is 19.4. The van der Waals surface area contributed by atoms with Crippen molar-refractivity contribution >= 4 is 45.5 Å². The Morgan fingerprint density at radius 1 is 1.09 bits per heavy atom. The Kier molecular flexibility index (Phi) is 7.60. The van der Waals surface area contributed by atoms with E-state index in [9.17, 15) is 4.79 Å². The lowest BCUT2D eigenvalue weighted by molar-refractivity contribution is 0.0956. The van der Waals surface area contributed by atoms with Crippen LogP contribution in [0.3, 0.4) is 0 Å². The highest BCUT2D eigenvalue weighted by Crippen LogP contribution is 2.28. The molecule has 0 radical (unpaired) electrons. The van der Waals surface area contributed by atoms with Gasteiger partial charge in [-0.1, -0.05) is 36.6 Å². The molecule has 0 saturated carbocycles. The molecule has 1 amide bonds. The summed E-state index contributed by atoms with van der Waals surface area (Å²) in [7, 11) is 0. The SMILES string of the molecule is CCC/C(=N\NC(=O)c1cc(-c2ccc(OCC)cc2)nc2ccc(C)cc12)c1ccc(Cl)s1. The van der Waals surface area contributed by atoms with Crippen LogP contribution in [0.4, 0.5) is 0 Å². The number of fused-ring (bicyclic) bond motifs is 1. The largest absolute Gasteiger partial charge is 0.494 e. The van der Waals surface area contributed by atoms with Crippen LogP contribution in [0.15, 0.2) is 65.8 Å². The fraction of sp³-hybridized carbons (Fsp3) is 0.222. The molecule has 0 saturated heterocycles. The summed E-state index contributed by atoms with van der Waals surface area (Å²) >= 11 is 7.56. The Hall–Kier alpha value is -3.22. The van der Waals surface area contributed by atoms with Crippen molar-refractivity contribution in [3.8, 4) is 17.0 Å². The Balaban J connectivity index is 1.72. The van der Waals surface area contributed by atoms with Crippen molar-refractivity contribution in [2.24, 2.45) is 5.10 Å². The van der Waals surface area contributed by atoms with Gasteiger partial charge in [-0.15, -0.1) is 11.3 Å². The monoisotopic (exact) mass is 491 g/mol. The average molecular weight is 492 g/mol. The van der Waals surface area contributed by atoms with Gasteiger partial charge >= 0.3 is 0 Å². The molecule has 0 fully saturated rings. The van der Waals surface area contributed by atoms with Gasteiger partial charge in [0.05, 0.1) is 38.3 Å². The number of carbonyl (C=O) groups excluding carboxylic acids is 1. The first-order valence-corrected chi connectivity index (χ1v) is 12.4. The van der Waals surface area contributed by atoms with Crippen molar-refractivity contribution in [2.45, 2.75) is 33.6 Å². The molecule has 1 N–H and O–H groups in total. The number of nitrogens with one attached hydrogen (secondary N) is 1. The lowest BCUT2D eigenvalue weighted by atomic mass is 10.0. The maximum absolute atomic E-state index is 13.3. The summed E-state index contributed by atoms with van der Waals surface area (Å²) in [5.74, 6) is 0.522. The highest BCUT2D eigenvalue weighted by Gasteiger charge is 2.15. The molecule has 0 atom stereocenters. The summed E-state index contributed by atoms with van der Waals surface area (Å²) < 4.78 is 6.24. The van der Waals surface area contributed by atoms with Crippen molar-refractivity contribution in [3.63, 3.8) is 0 Å². The molecule has 7 heteroatoms. The normalized spacial score (nSPS) is 11.6. The second kappa shape index (κ2) is 10.8. The van der Waals surface area contributed by atoms with E-state index in [4.69, 9.17) is 21.3 Å². The van der Waals surface area contributed by atoms with Gasteiger partial charge in [0.15, 0.2) is 0 Å². The van der Waals surface area contributed by atoms with E-state index < -0.39 is 0 Å². The molecule has 4 rings (SSSR count).